The Kier molecular flexibility index (Phi) is 4.96. The normalized spacial score (nSPS) is 19.7. The van der Waals surface area contributed by atoms with E-state index in [4.69, 9.17) is 9.15 Å². The minimum Gasteiger partial charge on any atom is -0.422 e. The fraction of sp³-hybridized carbons (Fsp3) is 0.385. The number of fused-ring (bicyclic) bond motifs is 2. The van der Waals surface area contributed by atoms with Gasteiger partial charge in [0.1, 0.15) is 5.58 Å². The summed E-state index contributed by atoms with van der Waals surface area (Å²) in [6, 6.07) is 10.7. The molecule has 3 aromatic heterocycles. The van der Waals surface area contributed by atoms with Crippen molar-refractivity contribution < 1.29 is 9.15 Å². The van der Waals surface area contributed by atoms with Gasteiger partial charge in [0.2, 0.25) is 0 Å². The third-order valence-electron chi connectivity index (χ3n) is 7.01. The number of hydrogen-bond donors (Lipinski definition) is 0. The van der Waals surface area contributed by atoms with E-state index >= 15 is 0 Å². The second-order valence-electron chi connectivity index (χ2n) is 9.20. The van der Waals surface area contributed by atoms with Gasteiger partial charge >= 0.3 is 5.63 Å². The second kappa shape index (κ2) is 8.01. The van der Waals surface area contributed by atoms with Gasteiger partial charge in [-0.05, 0) is 44.5 Å². The maximum atomic E-state index is 12.9. The maximum Gasteiger partial charge on any atom is 0.344 e. The van der Waals surface area contributed by atoms with Gasteiger partial charge in [-0.15, -0.1) is 0 Å². The Bertz CT molecular complexity index is 1400. The molecule has 1 atom stereocenters. The molecule has 0 amide bonds. The number of anilines is 1. The first-order valence-electron chi connectivity index (χ1n) is 11.7. The molecule has 7 nitrogen and oxygen atoms in total. The Labute approximate surface area is 192 Å². The average Bonchev–Trinajstić information content (AvgIpc) is 3.47. The summed E-state index contributed by atoms with van der Waals surface area (Å²) in [5.74, 6) is 0. The summed E-state index contributed by atoms with van der Waals surface area (Å²) >= 11 is 0. The number of benzene rings is 1. The maximum absolute atomic E-state index is 12.9. The molecule has 7 heteroatoms. The zero-order valence-electron chi connectivity index (χ0n) is 19.1. The van der Waals surface area contributed by atoms with Gasteiger partial charge in [-0.25, -0.2) is 4.79 Å². The van der Waals surface area contributed by atoms with Crippen LogP contribution in [0.2, 0.25) is 0 Å². The van der Waals surface area contributed by atoms with Crippen LogP contribution in [-0.4, -0.2) is 59.7 Å². The van der Waals surface area contributed by atoms with Crippen molar-refractivity contribution in [3.8, 4) is 11.1 Å². The van der Waals surface area contributed by atoms with E-state index in [1.807, 2.05) is 48.8 Å². The van der Waals surface area contributed by atoms with Crippen LogP contribution in [0.4, 0.5) is 5.69 Å². The van der Waals surface area contributed by atoms with Gasteiger partial charge in [0.25, 0.3) is 0 Å². The van der Waals surface area contributed by atoms with Crippen molar-refractivity contribution in [2.75, 3.05) is 44.3 Å². The van der Waals surface area contributed by atoms with Crippen LogP contribution in [-0.2, 0) is 4.74 Å². The van der Waals surface area contributed by atoms with E-state index in [0.29, 0.717) is 17.2 Å². The summed E-state index contributed by atoms with van der Waals surface area (Å²) in [5, 5.41) is 0.929. The molecule has 2 aliphatic heterocycles. The van der Waals surface area contributed by atoms with Gasteiger partial charge in [0.05, 0.1) is 35.7 Å². The SMILES string of the molecule is Cc1cn2cc(-c3cc4ccc(N5CCC(N6CCOCC6)C5)cc4oc3=O)cc2c(C)n1. The summed E-state index contributed by atoms with van der Waals surface area (Å²) < 4.78 is 13.3. The van der Waals surface area contributed by atoms with Crippen LogP contribution in [0.3, 0.4) is 0 Å². The van der Waals surface area contributed by atoms with Gasteiger partial charge in [-0.1, -0.05) is 0 Å². The number of nitrogens with zero attached hydrogens (tertiary/aromatic N) is 4. The topological polar surface area (TPSA) is 63.2 Å². The van der Waals surface area contributed by atoms with Crippen molar-refractivity contribution in [2.45, 2.75) is 26.3 Å². The van der Waals surface area contributed by atoms with Crippen molar-refractivity contribution in [3.63, 3.8) is 0 Å². The number of ether oxygens (including phenoxy) is 1. The Morgan fingerprint density at radius 3 is 2.73 bits per heavy atom. The predicted molar refractivity (Wildman–Crippen MR) is 129 cm³/mol. The first-order chi connectivity index (χ1) is 16.0. The van der Waals surface area contributed by atoms with Crippen molar-refractivity contribution >= 4 is 22.2 Å². The molecule has 4 aromatic rings. The highest BCUT2D eigenvalue weighted by molar-refractivity contribution is 5.85. The highest BCUT2D eigenvalue weighted by atomic mass is 16.5. The molecule has 170 valence electrons. The highest BCUT2D eigenvalue weighted by Crippen LogP contribution is 2.29. The van der Waals surface area contributed by atoms with E-state index < -0.39 is 0 Å². The molecule has 1 unspecified atom stereocenters. The zero-order chi connectivity index (χ0) is 22.5. The van der Waals surface area contributed by atoms with Crippen LogP contribution in [0.25, 0.3) is 27.6 Å². The Morgan fingerprint density at radius 2 is 1.88 bits per heavy atom. The molecule has 0 radical (unpaired) electrons. The molecular weight excluding hydrogens is 416 g/mol. The smallest absolute Gasteiger partial charge is 0.344 e. The van der Waals surface area contributed by atoms with Gasteiger partial charge < -0.3 is 18.5 Å². The third kappa shape index (κ3) is 3.71. The minimum absolute atomic E-state index is 0.314. The van der Waals surface area contributed by atoms with Crippen molar-refractivity contribution in [2.24, 2.45) is 0 Å². The lowest BCUT2D eigenvalue weighted by molar-refractivity contribution is 0.0209. The molecule has 2 saturated heterocycles. The largest absolute Gasteiger partial charge is 0.422 e. The number of rotatable bonds is 3. The van der Waals surface area contributed by atoms with Crippen molar-refractivity contribution in [1.82, 2.24) is 14.3 Å². The Balaban J connectivity index is 1.30. The van der Waals surface area contributed by atoms with Crippen LogP contribution in [0.1, 0.15) is 17.8 Å². The van der Waals surface area contributed by atoms with Crippen LogP contribution < -0.4 is 10.5 Å². The lowest BCUT2D eigenvalue weighted by Gasteiger charge is -2.32. The van der Waals surface area contributed by atoms with Gasteiger partial charge in [0.15, 0.2) is 0 Å². The lowest BCUT2D eigenvalue weighted by Crippen LogP contribution is -2.44. The lowest BCUT2D eigenvalue weighted by atomic mass is 10.1. The summed E-state index contributed by atoms with van der Waals surface area (Å²) in [4.78, 5) is 22.4. The molecular formula is C26H28N4O3. The molecule has 5 heterocycles. The summed E-state index contributed by atoms with van der Waals surface area (Å²) in [5.41, 5.74) is 5.73. The molecule has 6 rings (SSSR count). The number of morpholine rings is 1. The quantitative estimate of drug-likeness (QED) is 0.450. The molecule has 2 fully saturated rings. The predicted octanol–water partition coefficient (Wildman–Crippen LogP) is 3.64. The molecule has 0 N–H and O–H groups in total. The van der Waals surface area contributed by atoms with E-state index in [1.54, 1.807) is 0 Å². The molecule has 1 aromatic carbocycles. The second-order valence-corrected chi connectivity index (χ2v) is 9.20. The summed E-state index contributed by atoms with van der Waals surface area (Å²) in [6.45, 7) is 9.64. The monoisotopic (exact) mass is 444 g/mol. The molecule has 0 aliphatic carbocycles. The van der Waals surface area contributed by atoms with E-state index in [9.17, 15) is 4.79 Å². The van der Waals surface area contributed by atoms with Crippen LogP contribution in [0.15, 0.2) is 51.9 Å². The van der Waals surface area contributed by atoms with E-state index in [0.717, 1.165) is 79.4 Å². The molecule has 0 bridgehead atoms. The molecule has 0 saturated carbocycles. The van der Waals surface area contributed by atoms with Gasteiger partial charge in [-0.3, -0.25) is 9.88 Å². The van der Waals surface area contributed by atoms with Crippen LogP contribution in [0.5, 0.6) is 0 Å². The summed E-state index contributed by atoms with van der Waals surface area (Å²) in [6.07, 6.45) is 5.09. The molecule has 0 spiro atoms. The van der Waals surface area contributed by atoms with E-state index in [1.165, 1.54) is 0 Å². The van der Waals surface area contributed by atoms with E-state index in [-0.39, 0.29) is 5.63 Å². The first-order valence-corrected chi connectivity index (χ1v) is 11.7. The standard InChI is InChI=1S/C26H28N4O3/c1-17-14-30-15-20(12-24(30)18(2)27-17)23-11-19-3-4-21(13-25(19)33-26(23)31)29-6-5-22(16-29)28-7-9-32-10-8-28/h3-4,11-15,22H,5-10,16H2,1-2H3. The minimum atomic E-state index is -0.314. The average molecular weight is 445 g/mol. The third-order valence-corrected chi connectivity index (χ3v) is 7.01. The van der Waals surface area contributed by atoms with Gasteiger partial charge in [0, 0.05) is 67.3 Å². The number of aromatic nitrogens is 2. The van der Waals surface area contributed by atoms with Crippen LogP contribution >= 0.6 is 0 Å². The molecule has 2 aliphatic rings. The van der Waals surface area contributed by atoms with Crippen molar-refractivity contribution in [3.05, 3.63) is 64.5 Å². The summed E-state index contributed by atoms with van der Waals surface area (Å²) in [7, 11) is 0. The highest BCUT2D eigenvalue weighted by Gasteiger charge is 2.29. The molecule has 33 heavy (non-hydrogen) atoms. The fourth-order valence-corrected chi connectivity index (χ4v) is 5.29. The zero-order valence-corrected chi connectivity index (χ0v) is 19.1. The first kappa shape index (κ1) is 20.4. The van der Waals surface area contributed by atoms with Crippen LogP contribution in [0, 0.1) is 13.8 Å². The Morgan fingerprint density at radius 1 is 1.03 bits per heavy atom. The number of hydrogen-bond acceptors (Lipinski definition) is 6. The Hall–Kier alpha value is -3.16. The van der Waals surface area contributed by atoms with Crippen molar-refractivity contribution in [1.29, 1.82) is 0 Å². The van der Waals surface area contributed by atoms with E-state index in [2.05, 4.69) is 26.9 Å². The van der Waals surface area contributed by atoms with Gasteiger partial charge in [-0.2, -0.15) is 0 Å². The fourth-order valence-electron chi connectivity index (χ4n) is 5.29. The number of aryl methyl sites for hydroxylation is 2.